The largest absolute Gasteiger partial charge is 0.495 e. The summed E-state index contributed by atoms with van der Waals surface area (Å²) in [5.41, 5.74) is 2.04. The molecular weight excluding hydrogens is 312 g/mol. The van der Waals surface area contributed by atoms with Crippen molar-refractivity contribution in [1.29, 1.82) is 0 Å². The number of rotatable bonds is 6. The van der Waals surface area contributed by atoms with E-state index in [1.165, 1.54) is 4.90 Å². The Morgan fingerprint density at radius 3 is 2.68 bits per heavy atom. The molecule has 0 saturated heterocycles. The van der Waals surface area contributed by atoms with Crippen LogP contribution in [0.4, 0.5) is 5.69 Å². The fourth-order valence-corrected chi connectivity index (χ4v) is 2.94. The number of thiocarbonyl (C=S) groups is 1. The Labute approximate surface area is 141 Å². The van der Waals surface area contributed by atoms with Crippen molar-refractivity contribution in [1.82, 2.24) is 5.32 Å². The molecule has 2 N–H and O–H groups in total. The fourth-order valence-electron chi connectivity index (χ4n) is 1.94. The molecule has 0 unspecified atom stereocenters. The van der Waals surface area contributed by atoms with Gasteiger partial charge in [0.2, 0.25) is 0 Å². The Bertz CT molecular complexity index is 617. The van der Waals surface area contributed by atoms with Crippen molar-refractivity contribution in [2.45, 2.75) is 11.8 Å². The number of hydrogen-bond donors (Lipinski definition) is 2. The lowest BCUT2D eigenvalue weighted by Gasteiger charge is -2.14. The molecule has 0 aliphatic carbocycles. The van der Waals surface area contributed by atoms with E-state index in [2.05, 4.69) is 22.8 Å². The van der Waals surface area contributed by atoms with E-state index in [0.717, 1.165) is 29.3 Å². The maximum Gasteiger partial charge on any atom is 0.170 e. The van der Waals surface area contributed by atoms with Gasteiger partial charge in [-0.25, -0.2) is 0 Å². The van der Waals surface area contributed by atoms with Gasteiger partial charge in [-0.3, -0.25) is 0 Å². The molecule has 0 bridgehead atoms. The standard InChI is InChI=1S/C17H20N2OS2/c1-13-8-9-16(20-2)15(12-13)19-17(21)18-10-11-22-14-6-4-3-5-7-14/h3-9,12H,10-11H2,1-2H3,(H2,18,19,21). The Kier molecular flexibility index (Phi) is 6.55. The SMILES string of the molecule is COc1ccc(C)cc1NC(=S)NCCSc1ccccc1. The summed E-state index contributed by atoms with van der Waals surface area (Å²) in [7, 11) is 1.66. The van der Waals surface area contributed by atoms with E-state index in [0.29, 0.717) is 5.11 Å². The Morgan fingerprint density at radius 2 is 1.95 bits per heavy atom. The summed E-state index contributed by atoms with van der Waals surface area (Å²) in [6.45, 7) is 2.84. The first-order valence-electron chi connectivity index (χ1n) is 7.06. The molecule has 0 aliphatic rings. The molecule has 0 heterocycles. The molecule has 2 aromatic carbocycles. The first-order valence-corrected chi connectivity index (χ1v) is 8.46. The van der Waals surface area contributed by atoms with Crippen molar-refractivity contribution < 1.29 is 4.74 Å². The number of benzene rings is 2. The van der Waals surface area contributed by atoms with E-state index >= 15 is 0 Å². The van der Waals surface area contributed by atoms with E-state index in [9.17, 15) is 0 Å². The van der Waals surface area contributed by atoms with Gasteiger partial charge in [-0.05, 0) is 49.0 Å². The number of hydrogen-bond acceptors (Lipinski definition) is 3. The Balaban J connectivity index is 1.77. The summed E-state index contributed by atoms with van der Waals surface area (Å²) in [5, 5.41) is 7.01. The summed E-state index contributed by atoms with van der Waals surface area (Å²) in [6, 6.07) is 16.3. The topological polar surface area (TPSA) is 33.3 Å². The summed E-state index contributed by atoms with van der Waals surface area (Å²) >= 11 is 7.13. The maximum atomic E-state index is 5.33. The lowest BCUT2D eigenvalue weighted by molar-refractivity contribution is 0.417. The molecule has 2 aromatic rings. The smallest absolute Gasteiger partial charge is 0.170 e. The minimum atomic E-state index is 0.609. The molecule has 0 aromatic heterocycles. The van der Waals surface area contributed by atoms with Gasteiger partial charge in [-0.15, -0.1) is 11.8 Å². The van der Waals surface area contributed by atoms with Crippen LogP contribution in [-0.2, 0) is 0 Å². The zero-order chi connectivity index (χ0) is 15.8. The fraction of sp³-hybridized carbons (Fsp3) is 0.235. The van der Waals surface area contributed by atoms with Crippen LogP contribution in [0.2, 0.25) is 0 Å². The van der Waals surface area contributed by atoms with Crippen LogP contribution in [0.1, 0.15) is 5.56 Å². The zero-order valence-corrected chi connectivity index (χ0v) is 14.4. The lowest BCUT2D eigenvalue weighted by atomic mass is 10.2. The highest BCUT2D eigenvalue weighted by Crippen LogP contribution is 2.25. The van der Waals surface area contributed by atoms with Crippen LogP contribution in [0.25, 0.3) is 0 Å². The third-order valence-electron chi connectivity index (χ3n) is 3.00. The van der Waals surface area contributed by atoms with Crippen LogP contribution >= 0.6 is 24.0 Å². The normalized spacial score (nSPS) is 10.1. The molecule has 0 radical (unpaired) electrons. The third kappa shape index (κ3) is 5.24. The van der Waals surface area contributed by atoms with E-state index in [-0.39, 0.29) is 0 Å². The summed E-state index contributed by atoms with van der Waals surface area (Å²) in [4.78, 5) is 1.27. The third-order valence-corrected chi connectivity index (χ3v) is 4.26. The molecule has 0 aliphatic heterocycles. The second kappa shape index (κ2) is 8.66. The van der Waals surface area contributed by atoms with E-state index < -0.39 is 0 Å². The van der Waals surface area contributed by atoms with Gasteiger partial charge in [-0.2, -0.15) is 0 Å². The summed E-state index contributed by atoms with van der Waals surface area (Å²) < 4.78 is 5.33. The number of aryl methyl sites for hydroxylation is 1. The van der Waals surface area contributed by atoms with Gasteiger partial charge >= 0.3 is 0 Å². The van der Waals surface area contributed by atoms with Crippen LogP contribution in [0, 0.1) is 6.92 Å². The molecular formula is C17H20N2OS2. The monoisotopic (exact) mass is 332 g/mol. The second-order valence-electron chi connectivity index (χ2n) is 4.75. The molecule has 0 saturated carbocycles. The van der Waals surface area contributed by atoms with Crippen molar-refractivity contribution in [2.24, 2.45) is 0 Å². The Morgan fingerprint density at radius 1 is 1.18 bits per heavy atom. The summed E-state index contributed by atoms with van der Waals surface area (Å²) in [5.74, 6) is 1.74. The molecule has 2 rings (SSSR count). The number of ether oxygens (including phenoxy) is 1. The molecule has 5 heteroatoms. The predicted octanol–water partition coefficient (Wildman–Crippen LogP) is 4.08. The molecule has 3 nitrogen and oxygen atoms in total. The van der Waals surface area contributed by atoms with Gasteiger partial charge < -0.3 is 15.4 Å². The lowest BCUT2D eigenvalue weighted by Crippen LogP contribution is -2.30. The van der Waals surface area contributed by atoms with Crippen molar-refractivity contribution >= 4 is 34.8 Å². The number of thioether (sulfide) groups is 1. The van der Waals surface area contributed by atoms with Crippen molar-refractivity contribution in [3.05, 3.63) is 54.1 Å². The highest BCUT2D eigenvalue weighted by atomic mass is 32.2. The second-order valence-corrected chi connectivity index (χ2v) is 6.32. The van der Waals surface area contributed by atoms with Crippen LogP contribution in [0.5, 0.6) is 5.75 Å². The van der Waals surface area contributed by atoms with Gasteiger partial charge in [0.05, 0.1) is 12.8 Å². The molecule has 0 amide bonds. The average molecular weight is 332 g/mol. The number of nitrogens with one attached hydrogen (secondary N) is 2. The average Bonchev–Trinajstić information content (AvgIpc) is 2.53. The molecule has 116 valence electrons. The van der Waals surface area contributed by atoms with Gasteiger partial charge in [0.25, 0.3) is 0 Å². The van der Waals surface area contributed by atoms with Crippen molar-refractivity contribution in [3.63, 3.8) is 0 Å². The van der Waals surface area contributed by atoms with E-state index in [1.54, 1.807) is 18.9 Å². The van der Waals surface area contributed by atoms with E-state index in [4.69, 9.17) is 17.0 Å². The van der Waals surface area contributed by atoms with Crippen molar-refractivity contribution in [3.8, 4) is 5.75 Å². The van der Waals surface area contributed by atoms with Gasteiger partial charge in [0.1, 0.15) is 5.75 Å². The van der Waals surface area contributed by atoms with Gasteiger partial charge in [0, 0.05) is 17.2 Å². The highest BCUT2D eigenvalue weighted by molar-refractivity contribution is 7.99. The summed E-state index contributed by atoms with van der Waals surface area (Å²) in [6.07, 6.45) is 0. The first-order chi connectivity index (χ1) is 10.7. The Hall–Kier alpha value is -1.72. The number of methoxy groups -OCH3 is 1. The van der Waals surface area contributed by atoms with Gasteiger partial charge in [-0.1, -0.05) is 24.3 Å². The van der Waals surface area contributed by atoms with Crippen LogP contribution in [0.15, 0.2) is 53.4 Å². The predicted molar refractivity (Wildman–Crippen MR) is 99.1 cm³/mol. The minimum Gasteiger partial charge on any atom is -0.495 e. The highest BCUT2D eigenvalue weighted by Gasteiger charge is 2.05. The maximum absolute atomic E-state index is 5.33. The van der Waals surface area contributed by atoms with Crippen LogP contribution < -0.4 is 15.4 Å². The molecule has 0 atom stereocenters. The molecule has 22 heavy (non-hydrogen) atoms. The minimum absolute atomic E-state index is 0.609. The van der Waals surface area contributed by atoms with Crippen molar-refractivity contribution in [2.75, 3.05) is 24.7 Å². The van der Waals surface area contributed by atoms with Crippen LogP contribution in [0.3, 0.4) is 0 Å². The van der Waals surface area contributed by atoms with Crippen LogP contribution in [-0.4, -0.2) is 24.5 Å². The molecule has 0 fully saturated rings. The number of anilines is 1. The first kappa shape index (κ1) is 16.6. The zero-order valence-electron chi connectivity index (χ0n) is 12.8. The molecule has 0 spiro atoms. The van der Waals surface area contributed by atoms with E-state index in [1.807, 2.05) is 43.3 Å². The quantitative estimate of drug-likeness (QED) is 0.473. The van der Waals surface area contributed by atoms with Gasteiger partial charge in [0.15, 0.2) is 5.11 Å².